The molecule has 0 aliphatic carbocycles. The Labute approximate surface area is 393 Å². The van der Waals surface area contributed by atoms with E-state index in [2.05, 4.69) is 240 Å². The zero-order valence-corrected chi connectivity index (χ0v) is 36.9. The third-order valence-corrected chi connectivity index (χ3v) is 13.2. The lowest BCUT2D eigenvalue weighted by atomic mass is 9.98. The molecule has 0 saturated carbocycles. The maximum atomic E-state index is 5.42. The summed E-state index contributed by atoms with van der Waals surface area (Å²) in [4.78, 5) is 16.0. The van der Waals surface area contributed by atoms with Gasteiger partial charge in [0, 0.05) is 38.2 Å². The molecule has 0 amide bonds. The summed E-state index contributed by atoms with van der Waals surface area (Å²) < 4.78 is 4.72. The lowest BCUT2D eigenvalue weighted by Gasteiger charge is -2.16. The minimum Gasteiger partial charge on any atom is -0.307 e. The highest BCUT2D eigenvalue weighted by Gasteiger charge is 2.24. The zero-order chi connectivity index (χ0) is 45.0. The summed E-state index contributed by atoms with van der Waals surface area (Å²) in [5.41, 5.74) is 16.5. The van der Waals surface area contributed by atoms with E-state index in [1.807, 2.05) is 18.2 Å². The van der Waals surface area contributed by atoms with Crippen LogP contribution in [0.4, 0.5) is 0 Å². The van der Waals surface area contributed by atoms with Crippen molar-refractivity contribution in [1.82, 2.24) is 24.1 Å². The van der Waals surface area contributed by atoms with Gasteiger partial charge < -0.3 is 4.57 Å². The first-order valence-electron chi connectivity index (χ1n) is 23.0. The fourth-order valence-corrected chi connectivity index (χ4v) is 9.98. The summed E-state index contributed by atoms with van der Waals surface area (Å²) in [6.07, 6.45) is 0. The third-order valence-electron chi connectivity index (χ3n) is 13.2. The Morgan fingerprint density at radius 2 is 0.647 bits per heavy atom. The number of para-hydroxylation sites is 3. The molecule has 5 nitrogen and oxygen atoms in total. The number of rotatable bonds is 8. The van der Waals surface area contributed by atoms with Gasteiger partial charge in [0.25, 0.3) is 0 Å². The van der Waals surface area contributed by atoms with E-state index in [0.29, 0.717) is 17.6 Å². The van der Waals surface area contributed by atoms with Gasteiger partial charge in [-0.15, -0.1) is 0 Å². The van der Waals surface area contributed by atoms with Crippen LogP contribution in [0.3, 0.4) is 0 Å². The molecule has 0 radical (unpaired) electrons. The average Bonchev–Trinajstić information content (AvgIpc) is 3.95. The van der Waals surface area contributed by atoms with Gasteiger partial charge in [-0.05, 0) is 63.2 Å². The van der Waals surface area contributed by atoms with Crippen molar-refractivity contribution >= 4 is 43.6 Å². The summed E-state index contributed by atoms with van der Waals surface area (Å²) in [5, 5.41) is 4.56. The van der Waals surface area contributed by atoms with E-state index in [1.165, 1.54) is 27.6 Å². The molecule has 0 atom stereocenters. The molecule has 68 heavy (non-hydrogen) atoms. The minimum absolute atomic E-state index is 0.550. The van der Waals surface area contributed by atoms with Crippen molar-refractivity contribution in [3.05, 3.63) is 249 Å². The van der Waals surface area contributed by atoms with Crippen LogP contribution in [0.25, 0.3) is 123 Å². The highest BCUT2D eigenvalue weighted by molar-refractivity contribution is 6.24. The fourth-order valence-electron chi connectivity index (χ4n) is 9.98. The van der Waals surface area contributed by atoms with Crippen LogP contribution in [0.5, 0.6) is 0 Å². The largest absolute Gasteiger partial charge is 0.307 e. The van der Waals surface area contributed by atoms with Crippen LogP contribution in [0.15, 0.2) is 249 Å². The summed E-state index contributed by atoms with van der Waals surface area (Å²) in [7, 11) is 0. The van der Waals surface area contributed by atoms with E-state index < -0.39 is 0 Å². The average molecular weight is 868 g/mol. The van der Waals surface area contributed by atoms with E-state index in [0.717, 1.165) is 77.3 Å². The van der Waals surface area contributed by atoms with Gasteiger partial charge in [-0.25, -0.2) is 4.98 Å². The Kier molecular flexibility index (Phi) is 9.43. The van der Waals surface area contributed by atoms with E-state index in [-0.39, 0.29) is 0 Å². The highest BCUT2D eigenvalue weighted by Crippen LogP contribution is 2.43. The quantitative estimate of drug-likeness (QED) is 0.153. The first-order valence-corrected chi connectivity index (χ1v) is 23.0. The Bertz CT molecular complexity index is 3980. The molecule has 0 fully saturated rings. The first-order chi connectivity index (χ1) is 33.7. The van der Waals surface area contributed by atoms with E-state index >= 15 is 0 Å². The zero-order valence-electron chi connectivity index (χ0n) is 36.9. The Hall–Kier alpha value is -9.19. The predicted octanol–water partition coefficient (Wildman–Crippen LogP) is 16.1. The minimum atomic E-state index is 0.550. The van der Waals surface area contributed by atoms with E-state index in [4.69, 9.17) is 15.0 Å². The first kappa shape index (κ1) is 39.2. The van der Waals surface area contributed by atoms with Crippen molar-refractivity contribution < 1.29 is 0 Å². The molecule has 3 heterocycles. The van der Waals surface area contributed by atoms with E-state index in [9.17, 15) is 0 Å². The molecule has 13 aromatic rings. The molecular weight excluding hydrogens is 827 g/mol. The molecule has 0 saturated heterocycles. The van der Waals surface area contributed by atoms with Crippen LogP contribution in [-0.2, 0) is 0 Å². The number of hydrogen-bond donors (Lipinski definition) is 0. The lowest BCUT2D eigenvalue weighted by molar-refractivity contribution is 0.953. The molecule has 0 unspecified atom stereocenters. The molecule has 0 bridgehead atoms. The summed E-state index contributed by atoms with van der Waals surface area (Å²) in [5.74, 6) is 1.75. The molecule has 0 aliphatic rings. The highest BCUT2D eigenvalue weighted by atomic mass is 15.2. The van der Waals surface area contributed by atoms with Crippen molar-refractivity contribution in [2.45, 2.75) is 0 Å². The monoisotopic (exact) mass is 867 g/mol. The summed E-state index contributed by atoms with van der Waals surface area (Å²) in [6, 6.07) is 88.2. The molecule has 3 aromatic heterocycles. The standard InChI is InChI=1S/C63H41N5/c1-4-17-42(18-5-1)44-31-35-46(36-32-44)51-25-10-13-28-56(51)67-57-29-14-11-26-52(57)54-39-40-55-53-27-12-15-30-58(53)68(60(55)59(54)67)63-65-61(47-21-8-3-9-22-47)64-62(66-63)48-37-33-45(34-38-48)50-24-16-23-49(41-50)43-19-6-2-7-20-43/h1-41H. The van der Waals surface area contributed by atoms with Gasteiger partial charge in [-0.3, -0.25) is 4.57 Å². The van der Waals surface area contributed by atoms with Crippen LogP contribution in [0.1, 0.15) is 0 Å². The molecule has 13 rings (SSSR count). The van der Waals surface area contributed by atoms with Crippen LogP contribution < -0.4 is 0 Å². The van der Waals surface area contributed by atoms with Gasteiger partial charge in [0.1, 0.15) is 0 Å². The Balaban J connectivity index is 1.03. The molecule has 0 spiro atoms. The van der Waals surface area contributed by atoms with Gasteiger partial charge >= 0.3 is 0 Å². The van der Waals surface area contributed by atoms with Crippen molar-refractivity contribution in [3.8, 4) is 78.9 Å². The maximum absolute atomic E-state index is 5.42. The lowest BCUT2D eigenvalue weighted by Crippen LogP contribution is -2.07. The van der Waals surface area contributed by atoms with Gasteiger partial charge in [-0.1, -0.05) is 224 Å². The number of benzene rings is 10. The van der Waals surface area contributed by atoms with Crippen molar-refractivity contribution in [3.63, 3.8) is 0 Å². The molecule has 0 aliphatic heterocycles. The second kappa shape index (κ2) is 16.4. The van der Waals surface area contributed by atoms with Crippen LogP contribution in [-0.4, -0.2) is 24.1 Å². The van der Waals surface area contributed by atoms with Gasteiger partial charge in [0.2, 0.25) is 5.95 Å². The molecular formula is C63H41N5. The molecule has 5 heteroatoms. The number of hydrogen-bond acceptors (Lipinski definition) is 3. The Morgan fingerprint density at radius 3 is 1.25 bits per heavy atom. The smallest absolute Gasteiger partial charge is 0.238 e. The van der Waals surface area contributed by atoms with Gasteiger partial charge in [0.05, 0.1) is 27.8 Å². The maximum Gasteiger partial charge on any atom is 0.238 e. The topological polar surface area (TPSA) is 48.5 Å². The fraction of sp³-hybridized carbons (Fsp3) is 0. The second-order valence-electron chi connectivity index (χ2n) is 17.2. The normalized spacial score (nSPS) is 11.5. The van der Waals surface area contributed by atoms with Crippen molar-refractivity contribution in [2.75, 3.05) is 0 Å². The molecule has 10 aromatic carbocycles. The molecule has 318 valence electrons. The SMILES string of the molecule is c1ccc(-c2ccc(-c3ccccc3-n3c4ccccc4c4ccc5c6ccccc6n(-c6nc(-c7ccccc7)nc(-c7ccc(-c8cccc(-c9ccccc9)c8)cc7)n6)c5c43)cc2)cc1. The summed E-state index contributed by atoms with van der Waals surface area (Å²) in [6.45, 7) is 0. The number of nitrogens with zero attached hydrogens (tertiary/aromatic N) is 5. The summed E-state index contributed by atoms with van der Waals surface area (Å²) >= 11 is 0. The van der Waals surface area contributed by atoms with Crippen LogP contribution in [0, 0.1) is 0 Å². The molecule has 0 N–H and O–H groups in total. The third kappa shape index (κ3) is 6.68. The van der Waals surface area contributed by atoms with Crippen molar-refractivity contribution in [1.29, 1.82) is 0 Å². The predicted molar refractivity (Wildman–Crippen MR) is 281 cm³/mol. The number of fused-ring (bicyclic) bond motifs is 7. The van der Waals surface area contributed by atoms with Gasteiger partial charge in [-0.2, -0.15) is 9.97 Å². The van der Waals surface area contributed by atoms with E-state index in [1.54, 1.807) is 0 Å². The van der Waals surface area contributed by atoms with Crippen molar-refractivity contribution in [2.24, 2.45) is 0 Å². The number of aromatic nitrogens is 5. The van der Waals surface area contributed by atoms with Crippen LogP contribution in [0.2, 0.25) is 0 Å². The Morgan fingerprint density at radius 1 is 0.250 bits per heavy atom. The van der Waals surface area contributed by atoms with Crippen LogP contribution >= 0.6 is 0 Å². The van der Waals surface area contributed by atoms with Gasteiger partial charge in [0.15, 0.2) is 11.6 Å². The second-order valence-corrected chi connectivity index (χ2v) is 17.2.